The molecule has 0 fully saturated rings. The molecule has 107 heavy (non-hydrogen) atoms. The van der Waals surface area contributed by atoms with Crippen molar-refractivity contribution in [1.82, 2.24) is 0 Å². The summed E-state index contributed by atoms with van der Waals surface area (Å²) in [5, 5.41) is 10.7. The Morgan fingerprint density at radius 1 is 0.262 bits per heavy atom. The number of ether oxygens (including phenoxy) is 4. The van der Waals surface area contributed by atoms with E-state index in [2.05, 4.69) is 34.6 Å². The first-order valence-corrected chi connectivity index (χ1v) is 48.7. The molecule has 0 bridgehead atoms. The second kappa shape index (κ2) is 80.7. The highest BCUT2D eigenvalue weighted by Crippen LogP contribution is 2.45. The van der Waals surface area contributed by atoms with Gasteiger partial charge in [-0.1, -0.05) is 426 Å². The van der Waals surface area contributed by atoms with Crippen LogP contribution >= 0.6 is 15.6 Å². The number of rotatable bonds is 88. The number of hydrogen-bond acceptors (Lipinski definition) is 15. The molecule has 636 valence electrons. The fraction of sp³-hybridized carbons (Fsp3) is 0.955. The Morgan fingerprint density at radius 3 is 0.664 bits per heavy atom. The largest absolute Gasteiger partial charge is 0.472 e. The van der Waals surface area contributed by atoms with Gasteiger partial charge in [-0.2, -0.15) is 0 Å². The van der Waals surface area contributed by atoms with Gasteiger partial charge in [0.2, 0.25) is 0 Å². The van der Waals surface area contributed by atoms with Crippen LogP contribution in [0.2, 0.25) is 0 Å². The molecule has 17 nitrogen and oxygen atoms in total. The van der Waals surface area contributed by atoms with Crippen molar-refractivity contribution >= 4 is 39.5 Å². The third-order valence-electron chi connectivity index (χ3n) is 21.1. The molecular weight excluding hydrogens is 1390 g/mol. The highest BCUT2D eigenvalue weighted by molar-refractivity contribution is 7.47. The van der Waals surface area contributed by atoms with Crippen LogP contribution in [0.25, 0.3) is 0 Å². The molecule has 0 aliphatic heterocycles. The Kier molecular flexibility index (Phi) is 79.2. The predicted molar refractivity (Wildman–Crippen MR) is 442 cm³/mol. The number of hydrogen-bond donors (Lipinski definition) is 3. The number of aliphatic hydroxyl groups excluding tert-OH is 1. The molecule has 3 unspecified atom stereocenters. The Hall–Kier alpha value is -1.94. The topological polar surface area (TPSA) is 237 Å². The maximum atomic E-state index is 13.2. The van der Waals surface area contributed by atoms with E-state index in [1.807, 2.05) is 0 Å². The summed E-state index contributed by atoms with van der Waals surface area (Å²) in [7, 11) is -9.93. The summed E-state index contributed by atoms with van der Waals surface area (Å²) < 4.78 is 69.0. The van der Waals surface area contributed by atoms with Crippen LogP contribution in [0.15, 0.2) is 0 Å². The SMILES string of the molecule is CCCCCCCCCCCCCCCCCCCCCC(=O)OC[C@H](COP(=O)(O)OC[C@@H](O)COP(=O)(O)OC[C@@H](COC(=O)CCCCCCCCCCCCC)OC(=O)CCCCCCCCCCCCCCCCC)OC(=O)CCCCCCCCCCCCCCCCCCCCC(C)CC. The molecule has 0 aliphatic carbocycles. The molecule has 0 saturated heterocycles. The average Bonchev–Trinajstić information content (AvgIpc) is 0.901. The van der Waals surface area contributed by atoms with Crippen LogP contribution in [-0.2, 0) is 65.4 Å². The first kappa shape index (κ1) is 105. The zero-order chi connectivity index (χ0) is 78.3. The van der Waals surface area contributed by atoms with E-state index in [-0.39, 0.29) is 25.7 Å². The van der Waals surface area contributed by atoms with Crippen molar-refractivity contribution < 1.29 is 80.2 Å². The summed E-state index contributed by atoms with van der Waals surface area (Å²) in [4.78, 5) is 73.3. The molecule has 0 aromatic rings. The molecule has 19 heteroatoms. The summed E-state index contributed by atoms with van der Waals surface area (Å²) in [6, 6.07) is 0. The van der Waals surface area contributed by atoms with Crippen molar-refractivity contribution in [3.63, 3.8) is 0 Å². The van der Waals surface area contributed by atoms with Crippen molar-refractivity contribution in [2.24, 2.45) is 5.92 Å². The second-order valence-corrected chi connectivity index (χ2v) is 34.8. The summed E-state index contributed by atoms with van der Waals surface area (Å²) in [6.07, 6.45) is 74.9. The van der Waals surface area contributed by atoms with Crippen molar-refractivity contribution in [2.45, 2.75) is 496 Å². The minimum atomic E-state index is -4.97. The van der Waals surface area contributed by atoms with Crippen LogP contribution in [-0.4, -0.2) is 96.7 Å². The van der Waals surface area contributed by atoms with E-state index in [0.717, 1.165) is 95.8 Å². The fourth-order valence-electron chi connectivity index (χ4n) is 13.8. The predicted octanol–water partition coefficient (Wildman–Crippen LogP) is 27.2. The van der Waals surface area contributed by atoms with Gasteiger partial charge in [0.15, 0.2) is 12.2 Å². The minimum Gasteiger partial charge on any atom is -0.462 e. The van der Waals surface area contributed by atoms with Gasteiger partial charge in [0.1, 0.15) is 19.3 Å². The second-order valence-electron chi connectivity index (χ2n) is 31.9. The Balaban J connectivity index is 5.23. The molecule has 0 rings (SSSR count). The Morgan fingerprint density at radius 2 is 0.449 bits per heavy atom. The maximum absolute atomic E-state index is 13.2. The number of phosphoric ester groups is 2. The van der Waals surface area contributed by atoms with E-state index >= 15 is 0 Å². The highest BCUT2D eigenvalue weighted by atomic mass is 31.2. The normalized spacial score (nSPS) is 14.0. The van der Waals surface area contributed by atoms with E-state index in [1.165, 1.54) is 302 Å². The molecule has 0 spiro atoms. The van der Waals surface area contributed by atoms with E-state index in [4.69, 9.17) is 37.0 Å². The van der Waals surface area contributed by atoms with E-state index in [1.54, 1.807) is 0 Å². The van der Waals surface area contributed by atoms with Gasteiger partial charge in [-0.3, -0.25) is 37.3 Å². The van der Waals surface area contributed by atoms with Gasteiger partial charge in [-0.15, -0.1) is 0 Å². The van der Waals surface area contributed by atoms with Crippen LogP contribution in [0.4, 0.5) is 0 Å². The molecule has 0 radical (unpaired) electrons. The first-order valence-electron chi connectivity index (χ1n) is 45.7. The number of carbonyl (C=O) groups excluding carboxylic acids is 4. The van der Waals surface area contributed by atoms with Crippen LogP contribution in [0, 0.1) is 5.92 Å². The lowest BCUT2D eigenvalue weighted by molar-refractivity contribution is -0.161. The molecule has 0 heterocycles. The van der Waals surface area contributed by atoms with Gasteiger partial charge in [-0.25, -0.2) is 9.13 Å². The van der Waals surface area contributed by atoms with Gasteiger partial charge in [0.25, 0.3) is 0 Å². The third kappa shape index (κ3) is 80.5. The van der Waals surface area contributed by atoms with Crippen LogP contribution < -0.4 is 0 Å². The standard InChI is InChI=1S/C88H172O17P2/c1-6-10-13-16-19-22-25-27-29-30-31-35-39-42-47-52-57-62-67-72-86(91)99-78-84(105-88(93)74-69-64-59-54-49-44-40-36-33-32-34-38-41-46-50-55-60-65-70-81(5)9-4)80-103-107(96,97)101-76-82(89)75-100-106(94,95)102-79-83(77-98-85(90)71-66-61-56-51-45-24-21-18-15-12-8-3)104-87(92)73-68-63-58-53-48-43-37-28-26-23-20-17-14-11-7-2/h81-84,89H,6-80H2,1-5H3,(H,94,95)(H,96,97)/t81?,82-,83+,84+/m0/s1. The zero-order valence-corrected chi connectivity index (χ0v) is 72.1. The number of carbonyl (C=O) groups is 4. The number of esters is 4. The Bertz CT molecular complexity index is 2030. The summed E-state index contributed by atoms with van der Waals surface area (Å²) >= 11 is 0. The fourth-order valence-corrected chi connectivity index (χ4v) is 15.4. The minimum absolute atomic E-state index is 0.109. The van der Waals surface area contributed by atoms with E-state index in [0.29, 0.717) is 25.7 Å². The number of unbranched alkanes of at least 4 members (excludes halogenated alkanes) is 59. The van der Waals surface area contributed by atoms with Crippen LogP contribution in [0.3, 0.4) is 0 Å². The van der Waals surface area contributed by atoms with E-state index in [9.17, 15) is 43.2 Å². The average molecular weight is 1560 g/mol. The van der Waals surface area contributed by atoms with Crippen molar-refractivity contribution in [3.8, 4) is 0 Å². The highest BCUT2D eigenvalue weighted by Gasteiger charge is 2.30. The van der Waals surface area contributed by atoms with Gasteiger partial charge in [-0.05, 0) is 31.6 Å². The molecule has 0 amide bonds. The van der Waals surface area contributed by atoms with Crippen molar-refractivity contribution in [1.29, 1.82) is 0 Å². The smallest absolute Gasteiger partial charge is 0.462 e. The van der Waals surface area contributed by atoms with Gasteiger partial charge < -0.3 is 33.8 Å². The lowest BCUT2D eigenvalue weighted by Gasteiger charge is -2.21. The van der Waals surface area contributed by atoms with Crippen LogP contribution in [0.1, 0.15) is 478 Å². The molecule has 3 N–H and O–H groups in total. The molecular formula is C88H172O17P2. The van der Waals surface area contributed by atoms with Crippen LogP contribution in [0.5, 0.6) is 0 Å². The van der Waals surface area contributed by atoms with Gasteiger partial charge in [0, 0.05) is 25.7 Å². The first-order chi connectivity index (χ1) is 52.1. The molecule has 0 aliphatic rings. The van der Waals surface area contributed by atoms with Gasteiger partial charge in [0.05, 0.1) is 26.4 Å². The van der Waals surface area contributed by atoms with E-state index < -0.39 is 97.5 Å². The third-order valence-corrected chi connectivity index (χ3v) is 23.0. The number of phosphoric acid groups is 2. The zero-order valence-electron chi connectivity index (χ0n) is 70.3. The molecule has 6 atom stereocenters. The van der Waals surface area contributed by atoms with Crippen molar-refractivity contribution in [2.75, 3.05) is 39.6 Å². The summed E-state index contributed by atoms with van der Waals surface area (Å²) in [6.45, 7) is 7.44. The van der Waals surface area contributed by atoms with Gasteiger partial charge >= 0.3 is 39.5 Å². The lowest BCUT2D eigenvalue weighted by atomic mass is 9.99. The monoisotopic (exact) mass is 1560 g/mol. The molecule has 0 aromatic heterocycles. The quantitative estimate of drug-likeness (QED) is 0.0222. The Labute approximate surface area is 658 Å². The van der Waals surface area contributed by atoms with Crippen molar-refractivity contribution in [3.05, 3.63) is 0 Å². The molecule has 0 aromatic carbocycles. The maximum Gasteiger partial charge on any atom is 0.472 e. The summed E-state index contributed by atoms with van der Waals surface area (Å²) in [5.41, 5.74) is 0. The summed E-state index contributed by atoms with van der Waals surface area (Å²) in [5.74, 6) is -1.22. The molecule has 0 saturated carbocycles. The number of aliphatic hydroxyl groups is 1. The lowest BCUT2D eigenvalue weighted by Crippen LogP contribution is -2.30.